The van der Waals surface area contributed by atoms with Gasteiger partial charge in [0.2, 0.25) is 0 Å². The van der Waals surface area contributed by atoms with Crippen LogP contribution in [0.1, 0.15) is 30.4 Å². The van der Waals surface area contributed by atoms with Gasteiger partial charge in [-0.1, -0.05) is 29.8 Å². The van der Waals surface area contributed by atoms with Gasteiger partial charge in [-0.05, 0) is 37.8 Å². The van der Waals surface area contributed by atoms with Crippen LogP contribution in [0.25, 0.3) is 0 Å². The van der Waals surface area contributed by atoms with E-state index in [2.05, 4.69) is 43.1 Å². The molecular formula is C15H21NO2. The number of carboxylic acids is 1. The van der Waals surface area contributed by atoms with E-state index in [1.807, 2.05) is 0 Å². The first-order valence-corrected chi connectivity index (χ1v) is 6.45. The van der Waals surface area contributed by atoms with Gasteiger partial charge >= 0.3 is 5.97 Å². The number of hydrogen-bond donors (Lipinski definition) is 1. The van der Waals surface area contributed by atoms with Crippen LogP contribution in [-0.4, -0.2) is 29.6 Å². The Labute approximate surface area is 108 Å². The van der Waals surface area contributed by atoms with Crippen LogP contribution in [-0.2, 0) is 11.3 Å². The average Bonchev–Trinajstić information content (AvgIpc) is 3.00. The van der Waals surface area contributed by atoms with Crippen molar-refractivity contribution in [3.8, 4) is 0 Å². The Morgan fingerprint density at radius 3 is 2.44 bits per heavy atom. The van der Waals surface area contributed by atoms with Crippen molar-refractivity contribution >= 4 is 5.97 Å². The Morgan fingerprint density at radius 2 is 1.94 bits per heavy atom. The summed E-state index contributed by atoms with van der Waals surface area (Å²) in [7, 11) is 2.07. The summed E-state index contributed by atoms with van der Waals surface area (Å²) < 4.78 is 0. The van der Waals surface area contributed by atoms with E-state index >= 15 is 0 Å². The Bertz CT molecular complexity index is 421. The molecule has 0 radical (unpaired) electrons. The van der Waals surface area contributed by atoms with E-state index in [4.69, 9.17) is 5.11 Å². The summed E-state index contributed by atoms with van der Waals surface area (Å²) >= 11 is 0. The average molecular weight is 247 g/mol. The molecule has 0 heterocycles. The molecule has 0 spiro atoms. The molecule has 0 atom stereocenters. The maximum absolute atomic E-state index is 10.8. The second kappa shape index (κ2) is 5.11. The molecule has 3 nitrogen and oxygen atoms in total. The van der Waals surface area contributed by atoms with Crippen LogP contribution in [0.15, 0.2) is 24.3 Å². The minimum Gasteiger partial charge on any atom is -0.481 e. The van der Waals surface area contributed by atoms with E-state index in [1.165, 1.54) is 11.1 Å². The van der Waals surface area contributed by atoms with Crippen LogP contribution in [0.3, 0.4) is 0 Å². The fourth-order valence-electron chi connectivity index (χ4n) is 2.52. The number of carboxylic acid groups (broad SMARTS) is 1. The zero-order chi connectivity index (χ0) is 13.2. The van der Waals surface area contributed by atoms with Gasteiger partial charge in [-0.25, -0.2) is 0 Å². The normalized spacial score (nSPS) is 16.8. The highest BCUT2D eigenvalue weighted by molar-refractivity contribution is 5.68. The summed E-state index contributed by atoms with van der Waals surface area (Å²) in [4.78, 5) is 13.1. The number of hydrogen-bond acceptors (Lipinski definition) is 2. The highest BCUT2D eigenvalue weighted by Crippen LogP contribution is 2.49. The second-order valence-corrected chi connectivity index (χ2v) is 5.73. The number of rotatable bonds is 6. The molecule has 1 N–H and O–H groups in total. The quantitative estimate of drug-likeness (QED) is 0.840. The van der Waals surface area contributed by atoms with Gasteiger partial charge in [0, 0.05) is 13.1 Å². The fraction of sp³-hybridized carbons (Fsp3) is 0.533. The van der Waals surface area contributed by atoms with E-state index in [9.17, 15) is 4.79 Å². The highest BCUT2D eigenvalue weighted by atomic mass is 16.4. The first-order valence-electron chi connectivity index (χ1n) is 6.45. The van der Waals surface area contributed by atoms with Crippen LogP contribution in [0.5, 0.6) is 0 Å². The Kier molecular flexibility index (Phi) is 3.71. The molecule has 0 saturated heterocycles. The van der Waals surface area contributed by atoms with Gasteiger partial charge in [0.05, 0.1) is 6.42 Å². The molecule has 1 aromatic rings. The number of carbonyl (C=O) groups is 1. The van der Waals surface area contributed by atoms with Gasteiger partial charge in [0.25, 0.3) is 0 Å². The summed E-state index contributed by atoms with van der Waals surface area (Å²) in [6.45, 7) is 3.86. The van der Waals surface area contributed by atoms with E-state index < -0.39 is 5.97 Å². The fourth-order valence-corrected chi connectivity index (χ4v) is 2.52. The summed E-state index contributed by atoms with van der Waals surface area (Å²) in [5.41, 5.74) is 2.60. The third-order valence-corrected chi connectivity index (χ3v) is 3.66. The zero-order valence-electron chi connectivity index (χ0n) is 11.1. The summed E-state index contributed by atoms with van der Waals surface area (Å²) in [6, 6.07) is 8.52. The lowest BCUT2D eigenvalue weighted by atomic mass is 10.0. The molecule has 0 aromatic heterocycles. The van der Waals surface area contributed by atoms with Crippen molar-refractivity contribution in [1.29, 1.82) is 0 Å². The second-order valence-electron chi connectivity index (χ2n) is 5.73. The Morgan fingerprint density at radius 1 is 1.33 bits per heavy atom. The number of aryl methyl sites for hydroxylation is 1. The molecule has 1 aromatic carbocycles. The lowest BCUT2D eigenvalue weighted by Crippen LogP contribution is -2.28. The van der Waals surface area contributed by atoms with E-state index in [0.717, 1.165) is 25.9 Å². The molecule has 1 fully saturated rings. The van der Waals surface area contributed by atoms with Crippen molar-refractivity contribution < 1.29 is 9.90 Å². The molecule has 2 rings (SSSR count). The van der Waals surface area contributed by atoms with Crippen LogP contribution >= 0.6 is 0 Å². The van der Waals surface area contributed by atoms with Crippen molar-refractivity contribution in [3.63, 3.8) is 0 Å². The van der Waals surface area contributed by atoms with Crippen molar-refractivity contribution in [2.45, 2.75) is 32.7 Å². The number of benzene rings is 1. The van der Waals surface area contributed by atoms with Crippen molar-refractivity contribution in [1.82, 2.24) is 4.90 Å². The van der Waals surface area contributed by atoms with Crippen LogP contribution in [0.2, 0.25) is 0 Å². The molecule has 1 saturated carbocycles. The summed E-state index contributed by atoms with van der Waals surface area (Å²) in [5, 5.41) is 8.90. The monoisotopic (exact) mass is 247 g/mol. The van der Waals surface area contributed by atoms with E-state index in [1.54, 1.807) is 0 Å². The molecule has 0 bridgehead atoms. The highest BCUT2D eigenvalue weighted by Gasteiger charge is 2.44. The van der Waals surface area contributed by atoms with Crippen molar-refractivity contribution in [2.75, 3.05) is 13.6 Å². The van der Waals surface area contributed by atoms with E-state index in [0.29, 0.717) is 6.42 Å². The molecule has 1 aliphatic rings. The van der Waals surface area contributed by atoms with Crippen LogP contribution in [0.4, 0.5) is 0 Å². The molecule has 0 aliphatic heterocycles. The maximum atomic E-state index is 10.8. The van der Waals surface area contributed by atoms with Crippen molar-refractivity contribution in [2.24, 2.45) is 5.41 Å². The van der Waals surface area contributed by atoms with Gasteiger partial charge in [0.1, 0.15) is 0 Å². The SMILES string of the molecule is Cc1ccc(CN(C)CC2(CC(=O)O)CC2)cc1. The lowest BCUT2D eigenvalue weighted by Gasteiger charge is -2.22. The molecule has 98 valence electrons. The Balaban J connectivity index is 1.87. The zero-order valence-corrected chi connectivity index (χ0v) is 11.1. The first-order chi connectivity index (χ1) is 8.49. The van der Waals surface area contributed by atoms with Gasteiger partial charge in [0.15, 0.2) is 0 Å². The minimum atomic E-state index is -0.670. The maximum Gasteiger partial charge on any atom is 0.303 e. The van der Waals surface area contributed by atoms with Gasteiger partial charge in [-0.2, -0.15) is 0 Å². The lowest BCUT2D eigenvalue weighted by molar-refractivity contribution is -0.138. The predicted octanol–water partition coefficient (Wildman–Crippen LogP) is 2.68. The third kappa shape index (κ3) is 3.57. The smallest absolute Gasteiger partial charge is 0.303 e. The Hall–Kier alpha value is -1.35. The molecule has 0 amide bonds. The molecular weight excluding hydrogens is 226 g/mol. The topological polar surface area (TPSA) is 40.5 Å². The van der Waals surface area contributed by atoms with Crippen molar-refractivity contribution in [3.05, 3.63) is 35.4 Å². The van der Waals surface area contributed by atoms with Crippen LogP contribution < -0.4 is 0 Å². The summed E-state index contributed by atoms with van der Waals surface area (Å²) in [5.74, 6) is -0.670. The minimum absolute atomic E-state index is 0.0469. The van der Waals surface area contributed by atoms with Gasteiger partial charge < -0.3 is 10.0 Å². The van der Waals surface area contributed by atoms with Gasteiger partial charge in [-0.3, -0.25) is 4.79 Å². The standard InChI is InChI=1S/C15H21NO2/c1-12-3-5-13(6-4-12)10-16(2)11-15(7-8-15)9-14(17)18/h3-6H,7-11H2,1-2H3,(H,17,18). The molecule has 3 heteroatoms. The third-order valence-electron chi connectivity index (χ3n) is 3.66. The predicted molar refractivity (Wildman–Crippen MR) is 71.4 cm³/mol. The molecule has 18 heavy (non-hydrogen) atoms. The first kappa shape index (κ1) is 13.1. The van der Waals surface area contributed by atoms with Crippen LogP contribution in [0, 0.1) is 12.3 Å². The number of aliphatic carboxylic acids is 1. The molecule has 1 aliphatic carbocycles. The number of nitrogens with zero attached hydrogens (tertiary/aromatic N) is 1. The van der Waals surface area contributed by atoms with Gasteiger partial charge in [-0.15, -0.1) is 0 Å². The summed E-state index contributed by atoms with van der Waals surface area (Å²) in [6.07, 6.45) is 2.42. The largest absolute Gasteiger partial charge is 0.481 e. The van der Waals surface area contributed by atoms with E-state index in [-0.39, 0.29) is 5.41 Å². The molecule has 0 unspecified atom stereocenters.